The van der Waals surface area contributed by atoms with Gasteiger partial charge in [-0.25, -0.2) is 0 Å². The summed E-state index contributed by atoms with van der Waals surface area (Å²) in [5.74, 6) is -1.13. The number of ether oxygens (including phenoxy) is 2. The molecule has 5 heteroatoms. The Balaban J connectivity index is 5.00. The summed E-state index contributed by atoms with van der Waals surface area (Å²) in [6, 6.07) is 1.91. The Hall–Kier alpha value is -1.57. The van der Waals surface area contributed by atoms with E-state index in [0.29, 0.717) is 0 Å². The molecule has 0 aliphatic carbocycles. The highest BCUT2D eigenvalue weighted by Crippen LogP contribution is 2.31. The minimum absolute atomic E-state index is 0.100. The van der Waals surface area contributed by atoms with E-state index < -0.39 is 17.4 Å². The zero-order valence-electron chi connectivity index (χ0n) is 10.8. The molecule has 0 N–H and O–H groups in total. The Labute approximate surface area is 102 Å². The lowest BCUT2D eigenvalue weighted by molar-refractivity contribution is -0.157. The number of hydrogen-bond acceptors (Lipinski definition) is 5. The van der Waals surface area contributed by atoms with Crippen LogP contribution in [0.4, 0.5) is 0 Å². The Morgan fingerprint density at radius 1 is 1.41 bits per heavy atom. The van der Waals surface area contributed by atoms with E-state index in [-0.39, 0.29) is 25.4 Å². The van der Waals surface area contributed by atoms with Crippen LogP contribution in [-0.2, 0) is 19.1 Å². The molecule has 0 spiro atoms. The molecule has 0 rings (SSSR count). The van der Waals surface area contributed by atoms with Crippen molar-refractivity contribution in [2.45, 2.75) is 33.6 Å². The Morgan fingerprint density at radius 3 is 2.35 bits per heavy atom. The highest BCUT2D eigenvalue weighted by atomic mass is 16.5. The molecule has 17 heavy (non-hydrogen) atoms. The second-order valence-electron chi connectivity index (χ2n) is 4.27. The summed E-state index contributed by atoms with van der Waals surface area (Å²) < 4.78 is 9.39. The second kappa shape index (κ2) is 6.89. The smallest absolute Gasteiger partial charge is 0.326 e. The number of hydrogen-bond donors (Lipinski definition) is 0. The molecular formula is C12H19NO4. The predicted molar refractivity (Wildman–Crippen MR) is 60.8 cm³/mol. The van der Waals surface area contributed by atoms with Crippen molar-refractivity contribution in [3.8, 4) is 6.07 Å². The number of nitriles is 1. The van der Waals surface area contributed by atoms with Gasteiger partial charge in [-0.3, -0.25) is 9.59 Å². The largest absolute Gasteiger partial charge is 0.468 e. The van der Waals surface area contributed by atoms with Gasteiger partial charge in [0.25, 0.3) is 0 Å². The van der Waals surface area contributed by atoms with Crippen molar-refractivity contribution in [1.82, 2.24) is 0 Å². The Kier molecular flexibility index (Phi) is 6.26. The third-order valence-electron chi connectivity index (χ3n) is 2.30. The number of carbonyl (C=O) groups excluding carboxylic acids is 2. The second-order valence-corrected chi connectivity index (χ2v) is 4.27. The van der Waals surface area contributed by atoms with Crippen LogP contribution in [0.2, 0.25) is 0 Å². The van der Waals surface area contributed by atoms with Crippen molar-refractivity contribution in [2.75, 3.05) is 13.7 Å². The van der Waals surface area contributed by atoms with E-state index in [2.05, 4.69) is 4.74 Å². The minimum atomic E-state index is -1.44. The highest BCUT2D eigenvalue weighted by molar-refractivity contribution is 5.86. The number of rotatable bonds is 6. The van der Waals surface area contributed by atoms with Gasteiger partial charge in [-0.1, -0.05) is 13.8 Å². The molecule has 0 aromatic heterocycles. The molecule has 0 bridgehead atoms. The van der Waals surface area contributed by atoms with Crippen molar-refractivity contribution in [3.05, 3.63) is 0 Å². The first-order valence-corrected chi connectivity index (χ1v) is 5.57. The maximum absolute atomic E-state index is 11.7. The van der Waals surface area contributed by atoms with E-state index in [9.17, 15) is 14.9 Å². The summed E-state index contributed by atoms with van der Waals surface area (Å²) in [7, 11) is 1.21. The summed E-state index contributed by atoms with van der Waals surface area (Å²) in [6.45, 7) is 5.65. The quantitative estimate of drug-likeness (QED) is 0.661. The summed E-state index contributed by atoms with van der Waals surface area (Å²) >= 11 is 0. The number of esters is 2. The molecule has 0 aliphatic rings. The van der Waals surface area contributed by atoms with Gasteiger partial charge >= 0.3 is 11.9 Å². The molecule has 0 saturated carbocycles. The van der Waals surface area contributed by atoms with Crippen molar-refractivity contribution >= 4 is 11.9 Å². The molecule has 0 aromatic carbocycles. The maximum Gasteiger partial charge on any atom is 0.326 e. The van der Waals surface area contributed by atoms with Crippen molar-refractivity contribution in [1.29, 1.82) is 5.26 Å². The summed E-state index contributed by atoms with van der Waals surface area (Å²) in [4.78, 5) is 23.1. The molecule has 0 amide bonds. The van der Waals surface area contributed by atoms with Crippen LogP contribution in [0.5, 0.6) is 0 Å². The van der Waals surface area contributed by atoms with Gasteiger partial charge in [-0.05, 0) is 19.3 Å². The van der Waals surface area contributed by atoms with E-state index in [4.69, 9.17) is 4.74 Å². The van der Waals surface area contributed by atoms with Gasteiger partial charge in [0.1, 0.15) is 0 Å². The van der Waals surface area contributed by atoms with E-state index in [0.717, 1.165) is 0 Å². The van der Waals surface area contributed by atoms with E-state index in [1.54, 1.807) is 6.92 Å². The molecule has 0 aliphatic heterocycles. The van der Waals surface area contributed by atoms with Gasteiger partial charge < -0.3 is 9.47 Å². The normalized spacial score (nSPS) is 13.6. The fourth-order valence-electron chi connectivity index (χ4n) is 1.71. The molecule has 1 unspecified atom stereocenters. The molecule has 0 aromatic rings. The Morgan fingerprint density at radius 2 is 2.00 bits per heavy atom. The number of methoxy groups -OCH3 is 1. The summed E-state index contributed by atoms with van der Waals surface area (Å²) in [5, 5.41) is 9.19. The van der Waals surface area contributed by atoms with Crippen LogP contribution in [0, 0.1) is 22.7 Å². The first-order chi connectivity index (χ1) is 7.91. The summed E-state index contributed by atoms with van der Waals surface area (Å²) in [6.07, 6.45) is 0.0111. The molecule has 0 heterocycles. The van der Waals surface area contributed by atoms with Crippen LogP contribution in [-0.4, -0.2) is 25.7 Å². The van der Waals surface area contributed by atoms with E-state index in [1.807, 2.05) is 19.9 Å². The fourth-order valence-corrected chi connectivity index (χ4v) is 1.71. The van der Waals surface area contributed by atoms with Crippen LogP contribution in [0.15, 0.2) is 0 Å². The Bertz CT molecular complexity index is 319. The van der Waals surface area contributed by atoms with Crippen LogP contribution < -0.4 is 0 Å². The van der Waals surface area contributed by atoms with Crippen LogP contribution in [0.3, 0.4) is 0 Å². The average molecular weight is 241 g/mol. The topological polar surface area (TPSA) is 76.4 Å². The van der Waals surface area contributed by atoms with E-state index in [1.165, 1.54) is 7.11 Å². The van der Waals surface area contributed by atoms with Crippen molar-refractivity contribution < 1.29 is 19.1 Å². The molecule has 5 nitrogen and oxygen atoms in total. The first-order valence-electron chi connectivity index (χ1n) is 5.57. The van der Waals surface area contributed by atoms with Crippen LogP contribution in [0.25, 0.3) is 0 Å². The zero-order chi connectivity index (χ0) is 13.5. The van der Waals surface area contributed by atoms with E-state index >= 15 is 0 Å². The van der Waals surface area contributed by atoms with Crippen molar-refractivity contribution in [2.24, 2.45) is 11.3 Å². The van der Waals surface area contributed by atoms with Crippen molar-refractivity contribution in [3.63, 3.8) is 0 Å². The lowest BCUT2D eigenvalue weighted by Gasteiger charge is -2.24. The molecular weight excluding hydrogens is 222 g/mol. The van der Waals surface area contributed by atoms with Crippen LogP contribution in [0.1, 0.15) is 33.6 Å². The van der Waals surface area contributed by atoms with Gasteiger partial charge in [0, 0.05) is 0 Å². The average Bonchev–Trinajstić information content (AvgIpc) is 2.26. The van der Waals surface area contributed by atoms with Gasteiger partial charge in [-0.15, -0.1) is 0 Å². The standard InChI is InChI=1S/C12H19NO4/c1-5-17-10(14)7-12(8-13,6-9(2)3)11(15)16-4/h9H,5-7H2,1-4H3. The first kappa shape index (κ1) is 15.4. The lowest BCUT2D eigenvalue weighted by atomic mass is 9.78. The molecule has 96 valence electrons. The maximum atomic E-state index is 11.7. The number of carbonyl (C=O) groups is 2. The van der Waals surface area contributed by atoms with Crippen LogP contribution >= 0.6 is 0 Å². The third-order valence-corrected chi connectivity index (χ3v) is 2.30. The monoisotopic (exact) mass is 241 g/mol. The van der Waals surface area contributed by atoms with Gasteiger partial charge in [0.15, 0.2) is 5.41 Å². The molecule has 0 radical (unpaired) electrons. The van der Waals surface area contributed by atoms with Gasteiger partial charge in [-0.2, -0.15) is 5.26 Å². The summed E-state index contributed by atoms with van der Waals surface area (Å²) in [5.41, 5.74) is -1.44. The fraction of sp³-hybridized carbons (Fsp3) is 0.750. The zero-order valence-corrected chi connectivity index (χ0v) is 10.8. The molecule has 1 atom stereocenters. The number of nitrogens with zero attached hydrogens (tertiary/aromatic N) is 1. The lowest BCUT2D eigenvalue weighted by Crippen LogP contribution is -2.35. The molecule has 0 fully saturated rings. The SMILES string of the molecule is CCOC(=O)CC(C#N)(CC(C)C)C(=O)OC. The van der Waals surface area contributed by atoms with Gasteiger partial charge in [0.2, 0.25) is 0 Å². The molecule has 0 saturated heterocycles. The minimum Gasteiger partial charge on any atom is -0.468 e. The predicted octanol–water partition coefficient (Wildman–Crippen LogP) is 1.67. The highest BCUT2D eigenvalue weighted by Gasteiger charge is 2.43. The third kappa shape index (κ3) is 4.43. The van der Waals surface area contributed by atoms with Gasteiger partial charge in [0.05, 0.1) is 26.2 Å².